The van der Waals surface area contributed by atoms with Gasteiger partial charge in [-0.25, -0.2) is 4.79 Å². The Morgan fingerprint density at radius 2 is 2.09 bits per heavy atom. The molecule has 2 fully saturated rings. The van der Waals surface area contributed by atoms with Gasteiger partial charge in [0.15, 0.2) is 0 Å². The summed E-state index contributed by atoms with van der Waals surface area (Å²) in [6.07, 6.45) is 7.93. The van der Waals surface area contributed by atoms with Crippen LogP contribution in [0.4, 0.5) is 4.79 Å². The molecule has 5 heteroatoms. The molecule has 1 aliphatic heterocycles. The largest absolute Gasteiger partial charge is 0.396 e. The zero-order chi connectivity index (χ0) is 16.9. The van der Waals surface area contributed by atoms with E-state index in [0.29, 0.717) is 12.3 Å². The van der Waals surface area contributed by atoms with Gasteiger partial charge in [-0.05, 0) is 64.8 Å². The third-order valence-electron chi connectivity index (χ3n) is 6.01. The van der Waals surface area contributed by atoms with Crippen LogP contribution in [-0.4, -0.2) is 53.4 Å². The van der Waals surface area contributed by atoms with Crippen molar-refractivity contribution in [3.05, 3.63) is 0 Å². The maximum absolute atomic E-state index is 12.3. The molecule has 1 aliphatic carbocycles. The minimum atomic E-state index is -0.330. The topological polar surface area (TPSA) is 64.6 Å². The molecule has 3 unspecified atom stereocenters. The average Bonchev–Trinajstić information content (AvgIpc) is 2.45. The summed E-state index contributed by atoms with van der Waals surface area (Å²) in [5.41, 5.74) is -0.330. The maximum Gasteiger partial charge on any atom is 0.315 e. The van der Waals surface area contributed by atoms with Crippen LogP contribution in [0.1, 0.15) is 65.7 Å². The Morgan fingerprint density at radius 1 is 1.35 bits per heavy atom. The van der Waals surface area contributed by atoms with E-state index in [2.05, 4.69) is 22.5 Å². The number of aliphatic hydroxyl groups excluding tert-OH is 1. The number of nitrogens with one attached hydrogen (secondary N) is 2. The van der Waals surface area contributed by atoms with Gasteiger partial charge in [0.05, 0.1) is 0 Å². The van der Waals surface area contributed by atoms with E-state index in [1.807, 2.05) is 13.8 Å². The number of hydrogen-bond acceptors (Lipinski definition) is 3. The van der Waals surface area contributed by atoms with Crippen molar-refractivity contribution in [3.8, 4) is 0 Å². The average molecular weight is 325 g/mol. The molecule has 2 aliphatic rings. The number of carbonyl (C=O) groups is 1. The molecular formula is C18H35N3O2. The minimum Gasteiger partial charge on any atom is -0.396 e. The third kappa shape index (κ3) is 5.08. The second-order valence-corrected chi connectivity index (χ2v) is 7.76. The summed E-state index contributed by atoms with van der Waals surface area (Å²) < 4.78 is 0. The van der Waals surface area contributed by atoms with Crippen LogP contribution in [0.5, 0.6) is 0 Å². The van der Waals surface area contributed by atoms with E-state index < -0.39 is 0 Å². The van der Waals surface area contributed by atoms with E-state index in [1.54, 1.807) is 0 Å². The van der Waals surface area contributed by atoms with Gasteiger partial charge in [0, 0.05) is 30.8 Å². The van der Waals surface area contributed by atoms with Gasteiger partial charge in [0.2, 0.25) is 0 Å². The molecule has 0 bridgehead atoms. The number of carbonyl (C=O) groups excluding carboxylic acids is 1. The standard InChI is InChI=1S/C18H35N3O2/c1-4-18(3,10-12-22)20-17(23)19-14(2)15-7-6-11-21(13-15)16-8-5-9-16/h14-16,22H,4-13H2,1-3H3,(H2,19,20,23). The molecule has 0 aromatic rings. The fourth-order valence-electron chi connectivity index (χ4n) is 3.74. The molecule has 5 nitrogen and oxygen atoms in total. The predicted octanol–water partition coefficient (Wildman–Crippen LogP) is 2.49. The Bertz CT molecular complexity index is 386. The van der Waals surface area contributed by atoms with Gasteiger partial charge >= 0.3 is 6.03 Å². The zero-order valence-corrected chi connectivity index (χ0v) is 15.1. The van der Waals surface area contributed by atoms with E-state index in [9.17, 15) is 4.79 Å². The first-order valence-corrected chi connectivity index (χ1v) is 9.41. The number of hydrogen-bond donors (Lipinski definition) is 3. The third-order valence-corrected chi connectivity index (χ3v) is 6.01. The molecule has 134 valence electrons. The molecule has 23 heavy (non-hydrogen) atoms. The summed E-state index contributed by atoms with van der Waals surface area (Å²) in [4.78, 5) is 14.9. The molecule has 1 heterocycles. The van der Waals surface area contributed by atoms with Gasteiger partial charge in [-0.15, -0.1) is 0 Å². The van der Waals surface area contributed by atoms with Crippen molar-refractivity contribution in [2.45, 2.75) is 83.3 Å². The molecule has 0 spiro atoms. The van der Waals surface area contributed by atoms with Crippen molar-refractivity contribution in [1.82, 2.24) is 15.5 Å². The number of aliphatic hydroxyl groups is 1. The highest BCUT2D eigenvalue weighted by atomic mass is 16.3. The molecule has 0 aromatic heterocycles. The van der Waals surface area contributed by atoms with E-state index in [1.165, 1.54) is 38.6 Å². The first kappa shape index (κ1) is 18.5. The summed E-state index contributed by atoms with van der Waals surface area (Å²) in [6.45, 7) is 8.60. The number of likely N-dealkylation sites (tertiary alicyclic amines) is 1. The van der Waals surface area contributed by atoms with Crippen molar-refractivity contribution in [1.29, 1.82) is 0 Å². The molecule has 3 N–H and O–H groups in total. The monoisotopic (exact) mass is 325 g/mol. The van der Waals surface area contributed by atoms with E-state index >= 15 is 0 Å². The van der Waals surface area contributed by atoms with Gasteiger partial charge in [-0.2, -0.15) is 0 Å². The molecule has 2 rings (SSSR count). The zero-order valence-electron chi connectivity index (χ0n) is 15.1. The Morgan fingerprint density at radius 3 is 2.65 bits per heavy atom. The van der Waals surface area contributed by atoms with Crippen LogP contribution in [0.25, 0.3) is 0 Å². The second-order valence-electron chi connectivity index (χ2n) is 7.76. The maximum atomic E-state index is 12.3. The van der Waals surface area contributed by atoms with Crippen LogP contribution in [0, 0.1) is 5.92 Å². The number of nitrogens with zero attached hydrogens (tertiary/aromatic N) is 1. The highest BCUT2D eigenvalue weighted by molar-refractivity contribution is 5.75. The lowest BCUT2D eigenvalue weighted by Crippen LogP contribution is -2.55. The number of piperidine rings is 1. The molecule has 1 saturated carbocycles. The van der Waals surface area contributed by atoms with Crippen molar-refractivity contribution >= 4 is 6.03 Å². The summed E-state index contributed by atoms with van der Waals surface area (Å²) in [5.74, 6) is 0.542. The van der Waals surface area contributed by atoms with Crippen molar-refractivity contribution in [3.63, 3.8) is 0 Å². The first-order valence-electron chi connectivity index (χ1n) is 9.41. The molecule has 0 radical (unpaired) electrons. The second kappa shape index (κ2) is 8.34. The van der Waals surface area contributed by atoms with Crippen LogP contribution in [-0.2, 0) is 0 Å². The van der Waals surface area contributed by atoms with E-state index in [4.69, 9.17) is 5.11 Å². The molecule has 2 amide bonds. The predicted molar refractivity (Wildman–Crippen MR) is 93.5 cm³/mol. The molecule has 0 aromatic carbocycles. The Balaban J connectivity index is 1.80. The van der Waals surface area contributed by atoms with Crippen LogP contribution in [0.2, 0.25) is 0 Å². The minimum absolute atomic E-state index is 0.0964. The summed E-state index contributed by atoms with van der Waals surface area (Å²) in [7, 11) is 0. The molecule has 1 saturated heterocycles. The molecule has 3 atom stereocenters. The highest BCUT2D eigenvalue weighted by Crippen LogP contribution is 2.30. The number of amides is 2. The SMILES string of the molecule is CCC(C)(CCO)NC(=O)NC(C)C1CCCN(C2CCC2)C1. The quantitative estimate of drug-likeness (QED) is 0.674. The van der Waals surface area contributed by atoms with Crippen LogP contribution >= 0.6 is 0 Å². The van der Waals surface area contributed by atoms with Crippen molar-refractivity contribution in [2.75, 3.05) is 19.7 Å². The lowest BCUT2D eigenvalue weighted by Gasteiger charge is -2.44. The smallest absolute Gasteiger partial charge is 0.315 e. The van der Waals surface area contributed by atoms with Crippen LogP contribution in [0.3, 0.4) is 0 Å². The van der Waals surface area contributed by atoms with E-state index in [0.717, 1.165) is 19.0 Å². The number of urea groups is 1. The fraction of sp³-hybridized carbons (Fsp3) is 0.944. The van der Waals surface area contributed by atoms with Gasteiger partial charge in [-0.3, -0.25) is 0 Å². The summed E-state index contributed by atoms with van der Waals surface area (Å²) in [5, 5.41) is 15.3. The van der Waals surface area contributed by atoms with Crippen molar-refractivity contribution in [2.24, 2.45) is 5.92 Å². The van der Waals surface area contributed by atoms with Crippen molar-refractivity contribution < 1.29 is 9.90 Å². The van der Waals surface area contributed by atoms with Crippen LogP contribution < -0.4 is 10.6 Å². The Hall–Kier alpha value is -0.810. The normalized spacial score (nSPS) is 26.9. The lowest BCUT2D eigenvalue weighted by atomic mass is 9.85. The summed E-state index contributed by atoms with van der Waals surface area (Å²) in [6, 6.07) is 0.885. The number of rotatable bonds is 7. The Kier molecular flexibility index (Phi) is 6.72. The van der Waals surface area contributed by atoms with E-state index in [-0.39, 0.29) is 24.2 Å². The highest BCUT2D eigenvalue weighted by Gasteiger charge is 2.32. The lowest BCUT2D eigenvalue weighted by molar-refractivity contribution is 0.0676. The Labute approximate surface area is 141 Å². The van der Waals surface area contributed by atoms with Gasteiger partial charge in [-0.1, -0.05) is 13.3 Å². The first-order chi connectivity index (χ1) is 11.0. The van der Waals surface area contributed by atoms with Crippen LogP contribution in [0.15, 0.2) is 0 Å². The molecular weight excluding hydrogens is 290 g/mol. The summed E-state index contributed by atoms with van der Waals surface area (Å²) >= 11 is 0. The van der Waals surface area contributed by atoms with Gasteiger partial charge < -0.3 is 20.6 Å². The van der Waals surface area contributed by atoms with Gasteiger partial charge in [0.1, 0.15) is 0 Å². The fourth-order valence-corrected chi connectivity index (χ4v) is 3.74. The van der Waals surface area contributed by atoms with Gasteiger partial charge in [0.25, 0.3) is 0 Å².